The summed E-state index contributed by atoms with van der Waals surface area (Å²) in [7, 11) is 0. The van der Waals surface area contributed by atoms with Crippen LogP contribution in [0.15, 0.2) is 0 Å². The lowest BCUT2D eigenvalue weighted by molar-refractivity contribution is -0.139. The molecule has 0 aliphatic heterocycles. The van der Waals surface area contributed by atoms with Gasteiger partial charge in [0.15, 0.2) is 0 Å². The van der Waals surface area contributed by atoms with Gasteiger partial charge in [-0.05, 0) is 11.2 Å². The Labute approximate surface area is 44.5 Å². The van der Waals surface area contributed by atoms with Gasteiger partial charge in [0, 0.05) is 0 Å². The molecule has 0 rings (SSSR count). The first-order valence-electron chi connectivity index (χ1n) is 1.63. The largest absolute Gasteiger partial charge is 0.616 e. The maximum absolute atomic E-state index is 9.94. The van der Waals surface area contributed by atoms with Crippen molar-refractivity contribution in [2.75, 3.05) is 12.0 Å². The molecule has 4 heteroatoms. The summed E-state index contributed by atoms with van der Waals surface area (Å²) >= 11 is -1.26. The Morgan fingerprint density at radius 3 is 2.29 bits per heavy atom. The molecule has 0 spiro atoms. The second kappa shape index (κ2) is 2.87. The number of carbonyl (C=O) groups is 1. The van der Waals surface area contributed by atoms with E-state index in [1.807, 2.05) is 0 Å². The average molecular weight is 121 g/mol. The molecular weight excluding hydrogens is 116 g/mol. The van der Waals surface area contributed by atoms with E-state index in [-0.39, 0.29) is 5.75 Å². The molecule has 0 fully saturated rings. The van der Waals surface area contributed by atoms with Crippen molar-refractivity contribution in [1.82, 2.24) is 0 Å². The van der Waals surface area contributed by atoms with Crippen LogP contribution in [0.25, 0.3) is 0 Å². The van der Waals surface area contributed by atoms with E-state index in [0.717, 1.165) is 0 Å². The van der Waals surface area contributed by atoms with Crippen LogP contribution in [0.3, 0.4) is 0 Å². The molecule has 0 bridgehead atoms. The van der Waals surface area contributed by atoms with Gasteiger partial charge in [0.1, 0.15) is 0 Å². The molecule has 0 amide bonds. The van der Waals surface area contributed by atoms with Crippen LogP contribution in [-0.2, 0) is 21.1 Å². The Hall–Kier alpha value is -0.220. The van der Waals surface area contributed by atoms with Gasteiger partial charge in [0.2, 0.25) is 5.75 Å². The summed E-state index contributed by atoms with van der Waals surface area (Å²) in [6.07, 6.45) is 1.32. The Morgan fingerprint density at radius 1 is 1.86 bits per heavy atom. The van der Waals surface area contributed by atoms with E-state index in [1.54, 1.807) is 0 Å². The molecule has 0 N–H and O–H groups in total. The van der Waals surface area contributed by atoms with Crippen LogP contribution in [0.2, 0.25) is 0 Å². The topological polar surface area (TPSA) is 60.0 Å². The first-order valence-corrected chi connectivity index (χ1v) is 3.35. The van der Waals surface area contributed by atoms with Crippen molar-refractivity contribution in [2.45, 2.75) is 0 Å². The number of rotatable bonds is 2. The molecule has 0 aromatic rings. The number of carbonyl (C=O) groups excluding carboxylic acids is 1. The molecule has 1 unspecified atom stereocenters. The minimum atomic E-state index is -1.26. The lowest BCUT2D eigenvalue weighted by Crippen LogP contribution is -2.11. The van der Waals surface area contributed by atoms with E-state index in [9.17, 15) is 14.5 Å². The van der Waals surface area contributed by atoms with Gasteiger partial charge in [-0.25, -0.2) is 9.90 Å². The van der Waals surface area contributed by atoms with E-state index in [1.165, 1.54) is 6.26 Å². The zero-order valence-electron chi connectivity index (χ0n) is 3.84. The zero-order valence-corrected chi connectivity index (χ0v) is 4.66. The van der Waals surface area contributed by atoms with Crippen LogP contribution in [-0.4, -0.2) is 22.5 Å². The van der Waals surface area contributed by atoms with E-state index < -0.39 is 17.1 Å². The molecule has 0 heterocycles. The highest BCUT2D eigenvalue weighted by atomic mass is 32.2. The summed E-state index contributed by atoms with van der Waals surface area (Å²) in [6.45, 7) is 0. The van der Waals surface area contributed by atoms with Crippen molar-refractivity contribution in [3.05, 3.63) is 0 Å². The first-order chi connectivity index (χ1) is 3.13. The highest BCUT2D eigenvalue weighted by Gasteiger charge is 2.05. The molecule has 0 aromatic heterocycles. The maximum atomic E-state index is 9.94. The lowest BCUT2D eigenvalue weighted by atomic mass is 10.8. The summed E-state index contributed by atoms with van der Waals surface area (Å²) in [5, 5.41) is 9.51. The van der Waals surface area contributed by atoms with Gasteiger partial charge in [0.25, 0.3) is 0 Å². The normalized spacial score (nSPS) is 13.4. The molecule has 1 radical (unpaired) electrons. The highest BCUT2D eigenvalue weighted by molar-refractivity contribution is 7.91. The third-order valence-electron chi connectivity index (χ3n) is 0.321. The Balaban J connectivity index is 3.13. The standard InChI is InChI=1S/C3H5O3S/c1-7(6)2-3(4)5/h2H2,1H3. The van der Waals surface area contributed by atoms with E-state index >= 15 is 0 Å². The van der Waals surface area contributed by atoms with Crippen LogP contribution in [0.4, 0.5) is 0 Å². The van der Waals surface area contributed by atoms with Crippen LogP contribution in [0, 0.1) is 0 Å². The van der Waals surface area contributed by atoms with Crippen molar-refractivity contribution in [3.63, 3.8) is 0 Å². The Kier molecular flexibility index (Phi) is 2.78. The molecule has 0 aromatic carbocycles. The number of hydrogen-bond donors (Lipinski definition) is 0. The van der Waals surface area contributed by atoms with Crippen LogP contribution < -0.4 is 0 Å². The molecule has 0 saturated heterocycles. The van der Waals surface area contributed by atoms with Crippen LogP contribution in [0.5, 0.6) is 0 Å². The maximum Gasteiger partial charge on any atom is 0.404 e. The molecule has 0 aliphatic rings. The van der Waals surface area contributed by atoms with Crippen molar-refractivity contribution in [1.29, 1.82) is 0 Å². The fraction of sp³-hybridized carbons (Fsp3) is 0.667. The Bertz CT molecular complexity index is 70.6. The molecular formula is C3H5O3S. The molecule has 41 valence electrons. The quantitative estimate of drug-likeness (QED) is 0.454. The monoisotopic (exact) mass is 121 g/mol. The second-order valence-electron chi connectivity index (χ2n) is 1.09. The van der Waals surface area contributed by atoms with Gasteiger partial charge in [0.05, 0.1) is 6.26 Å². The van der Waals surface area contributed by atoms with Gasteiger partial charge >= 0.3 is 5.97 Å². The van der Waals surface area contributed by atoms with E-state index in [0.29, 0.717) is 0 Å². The fourth-order valence-corrected chi connectivity index (χ4v) is 0.498. The van der Waals surface area contributed by atoms with Gasteiger partial charge in [-0.1, -0.05) is 0 Å². The minimum Gasteiger partial charge on any atom is -0.616 e. The predicted octanol–water partition coefficient (Wildman–Crippen LogP) is -0.678. The van der Waals surface area contributed by atoms with Gasteiger partial charge < -0.3 is 4.55 Å². The first kappa shape index (κ1) is 6.78. The van der Waals surface area contributed by atoms with Crippen LogP contribution in [0.1, 0.15) is 0 Å². The molecule has 0 saturated carbocycles. The van der Waals surface area contributed by atoms with Crippen molar-refractivity contribution >= 4 is 17.1 Å². The molecule has 0 aliphatic carbocycles. The third-order valence-corrected chi connectivity index (χ3v) is 0.963. The summed E-state index contributed by atoms with van der Waals surface area (Å²) in [4.78, 5) is 9.51. The van der Waals surface area contributed by atoms with Crippen LogP contribution >= 0.6 is 0 Å². The Morgan fingerprint density at radius 2 is 2.29 bits per heavy atom. The SMILES string of the molecule is C[S+]([O-])CC([O])=O. The van der Waals surface area contributed by atoms with E-state index in [2.05, 4.69) is 0 Å². The predicted molar refractivity (Wildman–Crippen MR) is 24.6 cm³/mol. The molecule has 7 heavy (non-hydrogen) atoms. The molecule has 1 atom stereocenters. The highest BCUT2D eigenvalue weighted by Crippen LogP contribution is 1.79. The van der Waals surface area contributed by atoms with Gasteiger partial charge in [-0.2, -0.15) is 0 Å². The van der Waals surface area contributed by atoms with E-state index in [4.69, 9.17) is 0 Å². The summed E-state index contributed by atoms with van der Waals surface area (Å²) < 4.78 is 9.94. The summed E-state index contributed by atoms with van der Waals surface area (Å²) in [5.74, 6) is -1.62. The second-order valence-corrected chi connectivity index (χ2v) is 2.52. The average Bonchev–Trinajstić information content (AvgIpc) is 1.27. The van der Waals surface area contributed by atoms with Gasteiger partial charge in [-0.15, -0.1) is 0 Å². The van der Waals surface area contributed by atoms with Crippen molar-refractivity contribution in [2.24, 2.45) is 0 Å². The molecule has 3 nitrogen and oxygen atoms in total. The lowest BCUT2D eigenvalue weighted by Gasteiger charge is -1.95. The summed E-state index contributed by atoms with van der Waals surface area (Å²) in [5.41, 5.74) is 0. The third kappa shape index (κ3) is 5.78. The fourth-order valence-electron chi connectivity index (χ4n) is 0.166. The number of hydrogen-bond acceptors (Lipinski definition) is 2. The zero-order chi connectivity index (χ0) is 5.86. The minimum absolute atomic E-state index is 0.361. The smallest absolute Gasteiger partial charge is 0.404 e. The van der Waals surface area contributed by atoms with Gasteiger partial charge in [-0.3, -0.25) is 0 Å². The van der Waals surface area contributed by atoms with Crippen molar-refractivity contribution < 1.29 is 14.5 Å². The van der Waals surface area contributed by atoms with Crippen molar-refractivity contribution in [3.8, 4) is 0 Å². The summed E-state index contributed by atoms with van der Waals surface area (Å²) in [6, 6.07) is 0.